The van der Waals surface area contributed by atoms with Crippen molar-refractivity contribution in [3.63, 3.8) is 0 Å². The molecule has 0 amide bonds. The Morgan fingerprint density at radius 2 is 2.24 bits per heavy atom. The molecule has 1 aliphatic rings. The monoisotopic (exact) mass is 502 g/mol. The number of halogens is 2. The molecule has 1 atom stereocenters. The van der Waals surface area contributed by atoms with Crippen LogP contribution in [0.2, 0.25) is 5.02 Å². The number of rotatable bonds is 5. The van der Waals surface area contributed by atoms with Crippen LogP contribution in [-0.4, -0.2) is 58.2 Å². The molecule has 1 aromatic carbocycles. The first-order valence-corrected chi connectivity index (χ1v) is 9.58. The lowest BCUT2D eigenvalue weighted by Gasteiger charge is -2.31. The van der Waals surface area contributed by atoms with E-state index in [9.17, 15) is 8.42 Å². The van der Waals surface area contributed by atoms with Gasteiger partial charge < -0.3 is 15.4 Å². The zero-order chi connectivity index (χ0) is 17.7. The second-order valence-corrected chi connectivity index (χ2v) is 7.85. The van der Waals surface area contributed by atoms with Crippen molar-refractivity contribution in [1.82, 2.24) is 9.62 Å². The smallest absolute Gasteiger partial charge is 0.240 e. The third-order valence-electron chi connectivity index (χ3n) is 3.67. The number of nitrogens with one attached hydrogen (secondary N) is 1. The molecule has 1 aromatic rings. The fourth-order valence-corrected chi connectivity index (χ4v) is 3.94. The van der Waals surface area contributed by atoms with Crippen molar-refractivity contribution in [3.05, 3.63) is 28.8 Å². The standard InChI is InChI=1S/C15H23ClN4O3S.HI/c1-11-9-13(16)3-4-14(11)24(21,22)19-6-5-18-15(17)20-7-8-23-12(2)10-20;/h3-4,9,12,19H,5-8,10H2,1-2H3,(H2,17,18);1H. The van der Waals surface area contributed by atoms with Gasteiger partial charge in [-0.25, -0.2) is 13.1 Å². The van der Waals surface area contributed by atoms with E-state index in [1.165, 1.54) is 6.07 Å². The van der Waals surface area contributed by atoms with Crippen LogP contribution in [0.25, 0.3) is 0 Å². The second-order valence-electron chi connectivity index (χ2n) is 5.67. The largest absolute Gasteiger partial charge is 0.375 e. The molecule has 2 rings (SSSR count). The van der Waals surface area contributed by atoms with Crippen LogP contribution < -0.4 is 10.5 Å². The van der Waals surface area contributed by atoms with Gasteiger partial charge in [0.25, 0.3) is 0 Å². The summed E-state index contributed by atoms with van der Waals surface area (Å²) >= 11 is 5.85. The highest BCUT2D eigenvalue weighted by Crippen LogP contribution is 2.19. The number of aliphatic imine (C=N–C) groups is 1. The van der Waals surface area contributed by atoms with Gasteiger partial charge in [-0.2, -0.15) is 0 Å². The first-order valence-electron chi connectivity index (χ1n) is 7.72. The molecule has 0 spiro atoms. The average molecular weight is 503 g/mol. The summed E-state index contributed by atoms with van der Waals surface area (Å²) < 4.78 is 32.6. The Morgan fingerprint density at radius 1 is 1.52 bits per heavy atom. The number of guanidine groups is 1. The average Bonchev–Trinajstić information content (AvgIpc) is 2.51. The van der Waals surface area contributed by atoms with E-state index in [-0.39, 0.29) is 48.1 Å². The Hall–Kier alpha value is -0.620. The lowest BCUT2D eigenvalue weighted by atomic mass is 10.2. The number of aryl methyl sites for hydroxylation is 1. The van der Waals surface area contributed by atoms with E-state index < -0.39 is 10.0 Å². The Morgan fingerprint density at radius 3 is 2.88 bits per heavy atom. The number of hydrogen-bond donors (Lipinski definition) is 2. The van der Waals surface area contributed by atoms with Gasteiger partial charge in [0.15, 0.2) is 5.96 Å². The van der Waals surface area contributed by atoms with Crippen molar-refractivity contribution in [2.75, 3.05) is 32.8 Å². The highest BCUT2D eigenvalue weighted by atomic mass is 127. The first-order chi connectivity index (χ1) is 11.3. The van der Waals surface area contributed by atoms with Crippen molar-refractivity contribution in [2.45, 2.75) is 24.8 Å². The lowest BCUT2D eigenvalue weighted by Crippen LogP contribution is -2.48. The summed E-state index contributed by atoms with van der Waals surface area (Å²) in [5, 5.41) is 0.503. The number of morpholine rings is 1. The molecule has 0 saturated carbocycles. The highest BCUT2D eigenvalue weighted by molar-refractivity contribution is 14.0. The third kappa shape index (κ3) is 6.55. The Bertz CT molecular complexity index is 715. The summed E-state index contributed by atoms with van der Waals surface area (Å²) in [6.45, 7) is 6.10. The van der Waals surface area contributed by atoms with E-state index in [4.69, 9.17) is 22.1 Å². The normalized spacial score (nSPS) is 18.8. The maximum Gasteiger partial charge on any atom is 0.240 e. The zero-order valence-corrected chi connectivity index (χ0v) is 18.1. The van der Waals surface area contributed by atoms with E-state index in [0.29, 0.717) is 36.2 Å². The van der Waals surface area contributed by atoms with Gasteiger partial charge in [-0.1, -0.05) is 11.6 Å². The molecule has 10 heteroatoms. The molecular formula is C15H24ClIN4O3S. The molecule has 1 heterocycles. The van der Waals surface area contributed by atoms with Crippen LogP contribution in [0.4, 0.5) is 0 Å². The predicted molar refractivity (Wildman–Crippen MR) is 110 cm³/mol. The summed E-state index contributed by atoms with van der Waals surface area (Å²) in [4.78, 5) is 6.38. The number of ether oxygens (including phenoxy) is 1. The van der Waals surface area contributed by atoms with Gasteiger partial charge in [-0.15, -0.1) is 24.0 Å². The Labute approximate surface area is 171 Å². The van der Waals surface area contributed by atoms with Crippen LogP contribution in [0.1, 0.15) is 12.5 Å². The van der Waals surface area contributed by atoms with Crippen molar-refractivity contribution >= 4 is 51.6 Å². The SMILES string of the molecule is Cc1cc(Cl)ccc1S(=O)(=O)NCCN=C(N)N1CCOC(C)C1.I. The Kier molecular flexibility index (Phi) is 8.89. The molecular weight excluding hydrogens is 479 g/mol. The van der Waals surface area contributed by atoms with E-state index in [1.54, 1.807) is 19.1 Å². The van der Waals surface area contributed by atoms with Crippen LogP contribution in [0.15, 0.2) is 28.1 Å². The zero-order valence-electron chi connectivity index (χ0n) is 14.2. The van der Waals surface area contributed by atoms with Gasteiger partial charge in [0.1, 0.15) is 0 Å². The second kappa shape index (κ2) is 9.91. The van der Waals surface area contributed by atoms with Crippen LogP contribution in [0, 0.1) is 6.92 Å². The summed E-state index contributed by atoms with van der Waals surface area (Å²) in [5.74, 6) is 0.409. The number of hydrogen-bond acceptors (Lipinski definition) is 4. The van der Waals surface area contributed by atoms with Gasteiger partial charge in [-0.05, 0) is 37.6 Å². The minimum Gasteiger partial charge on any atom is -0.375 e. The molecule has 1 fully saturated rings. The fraction of sp³-hybridized carbons (Fsp3) is 0.533. The number of nitrogens with zero attached hydrogens (tertiary/aromatic N) is 2. The minimum absolute atomic E-state index is 0. The lowest BCUT2D eigenvalue weighted by molar-refractivity contribution is 0.00530. The third-order valence-corrected chi connectivity index (χ3v) is 5.53. The topological polar surface area (TPSA) is 97.0 Å². The van der Waals surface area contributed by atoms with E-state index in [1.807, 2.05) is 11.8 Å². The van der Waals surface area contributed by atoms with E-state index in [0.717, 1.165) is 0 Å². The summed E-state index contributed by atoms with van der Waals surface area (Å²) in [6, 6.07) is 4.66. The summed E-state index contributed by atoms with van der Waals surface area (Å²) in [6.07, 6.45) is 0.110. The van der Waals surface area contributed by atoms with Gasteiger partial charge >= 0.3 is 0 Å². The summed E-state index contributed by atoms with van der Waals surface area (Å²) in [5.41, 5.74) is 6.54. The fourth-order valence-electron chi connectivity index (χ4n) is 2.47. The van der Waals surface area contributed by atoms with Gasteiger partial charge in [-0.3, -0.25) is 4.99 Å². The van der Waals surface area contributed by atoms with Crippen LogP contribution >= 0.6 is 35.6 Å². The van der Waals surface area contributed by atoms with E-state index >= 15 is 0 Å². The molecule has 142 valence electrons. The maximum atomic E-state index is 12.3. The van der Waals surface area contributed by atoms with Crippen LogP contribution in [-0.2, 0) is 14.8 Å². The van der Waals surface area contributed by atoms with Gasteiger partial charge in [0, 0.05) is 24.7 Å². The summed E-state index contributed by atoms with van der Waals surface area (Å²) in [7, 11) is -3.59. The molecule has 0 radical (unpaired) electrons. The first kappa shape index (κ1) is 22.4. The maximum absolute atomic E-state index is 12.3. The molecule has 7 nitrogen and oxygen atoms in total. The number of benzene rings is 1. The molecule has 0 aliphatic carbocycles. The van der Waals surface area contributed by atoms with Gasteiger partial charge in [0.05, 0.1) is 24.2 Å². The molecule has 0 aromatic heterocycles. The van der Waals surface area contributed by atoms with Crippen molar-refractivity contribution in [1.29, 1.82) is 0 Å². The number of sulfonamides is 1. The molecule has 3 N–H and O–H groups in total. The predicted octanol–water partition coefficient (Wildman–Crippen LogP) is 1.58. The van der Waals surface area contributed by atoms with E-state index in [2.05, 4.69) is 9.71 Å². The quantitative estimate of drug-likeness (QED) is 0.276. The van der Waals surface area contributed by atoms with Crippen molar-refractivity contribution in [2.24, 2.45) is 10.7 Å². The van der Waals surface area contributed by atoms with Crippen molar-refractivity contribution < 1.29 is 13.2 Å². The molecule has 25 heavy (non-hydrogen) atoms. The number of nitrogens with two attached hydrogens (primary N) is 1. The highest BCUT2D eigenvalue weighted by Gasteiger charge is 2.18. The molecule has 1 saturated heterocycles. The van der Waals surface area contributed by atoms with Crippen LogP contribution in [0.5, 0.6) is 0 Å². The Balaban J connectivity index is 0.00000312. The van der Waals surface area contributed by atoms with Gasteiger partial charge in [0.2, 0.25) is 10.0 Å². The van der Waals surface area contributed by atoms with Crippen molar-refractivity contribution in [3.8, 4) is 0 Å². The molecule has 1 unspecified atom stereocenters. The molecule has 0 bridgehead atoms. The minimum atomic E-state index is -3.59. The van der Waals surface area contributed by atoms with Crippen LogP contribution in [0.3, 0.4) is 0 Å². The molecule has 1 aliphatic heterocycles.